The molecule has 0 radical (unpaired) electrons. The summed E-state index contributed by atoms with van der Waals surface area (Å²) in [4.78, 5) is 16.5. The van der Waals surface area contributed by atoms with Crippen LogP contribution in [0, 0.1) is 5.92 Å². The normalized spacial score (nSPS) is 20.3. The van der Waals surface area contributed by atoms with Crippen molar-refractivity contribution >= 4 is 6.09 Å². The summed E-state index contributed by atoms with van der Waals surface area (Å²) in [6.07, 6.45) is 2.48. The standard InChI is InChI=1S/C14H26N4O3/c1-14(2,3)21-13(19)18(4)12(9-16-17-15)8-11-6-5-7-20-10-11/h11-12H,5-10H2,1-4H3/t11-,12?/m1/s1. The van der Waals surface area contributed by atoms with Gasteiger partial charge in [0, 0.05) is 37.8 Å². The minimum Gasteiger partial charge on any atom is -0.444 e. The van der Waals surface area contributed by atoms with Crippen molar-refractivity contribution in [2.24, 2.45) is 11.0 Å². The molecule has 0 aromatic carbocycles. The van der Waals surface area contributed by atoms with Gasteiger partial charge in [-0.15, -0.1) is 0 Å². The molecule has 7 heteroatoms. The number of carbonyl (C=O) groups is 1. The van der Waals surface area contributed by atoms with Gasteiger partial charge in [0.1, 0.15) is 5.60 Å². The Bertz CT molecular complexity index is 382. The van der Waals surface area contributed by atoms with Gasteiger partial charge in [-0.1, -0.05) is 5.11 Å². The maximum Gasteiger partial charge on any atom is 0.410 e. The molecule has 1 aliphatic rings. The summed E-state index contributed by atoms with van der Waals surface area (Å²) in [6, 6.07) is -0.164. The maximum atomic E-state index is 12.1. The summed E-state index contributed by atoms with van der Waals surface area (Å²) in [5, 5.41) is 3.63. The van der Waals surface area contributed by atoms with Crippen molar-refractivity contribution in [3.63, 3.8) is 0 Å². The van der Waals surface area contributed by atoms with Crippen molar-refractivity contribution in [2.75, 3.05) is 26.8 Å². The van der Waals surface area contributed by atoms with E-state index in [4.69, 9.17) is 15.0 Å². The van der Waals surface area contributed by atoms with E-state index >= 15 is 0 Å². The highest BCUT2D eigenvalue weighted by atomic mass is 16.6. The topological polar surface area (TPSA) is 87.5 Å². The van der Waals surface area contributed by atoms with E-state index in [0.717, 1.165) is 25.9 Å². The molecule has 120 valence electrons. The van der Waals surface area contributed by atoms with Crippen LogP contribution in [0.4, 0.5) is 4.79 Å². The third-order valence-corrected chi connectivity index (χ3v) is 3.44. The Labute approximate surface area is 126 Å². The lowest BCUT2D eigenvalue weighted by Gasteiger charge is -2.33. The molecule has 0 aliphatic carbocycles. The first kappa shape index (κ1) is 17.6. The van der Waals surface area contributed by atoms with Gasteiger partial charge in [0.2, 0.25) is 0 Å². The van der Waals surface area contributed by atoms with E-state index in [1.54, 1.807) is 7.05 Å². The molecule has 1 heterocycles. The second kappa shape index (κ2) is 8.10. The second-order valence-corrected chi connectivity index (χ2v) is 6.48. The minimum atomic E-state index is -0.539. The van der Waals surface area contributed by atoms with E-state index in [2.05, 4.69) is 10.0 Å². The number of carbonyl (C=O) groups excluding carboxylic acids is 1. The summed E-state index contributed by atoms with van der Waals surface area (Å²) >= 11 is 0. The van der Waals surface area contributed by atoms with Crippen LogP contribution >= 0.6 is 0 Å². The fourth-order valence-electron chi connectivity index (χ4n) is 2.35. The zero-order chi connectivity index (χ0) is 15.9. The molecule has 1 aliphatic heterocycles. The van der Waals surface area contributed by atoms with Crippen molar-refractivity contribution in [2.45, 2.75) is 51.7 Å². The number of hydrogen-bond donors (Lipinski definition) is 0. The van der Waals surface area contributed by atoms with Crippen LogP contribution in [0.5, 0.6) is 0 Å². The van der Waals surface area contributed by atoms with E-state index in [0.29, 0.717) is 12.5 Å². The van der Waals surface area contributed by atoms with Crippen LogP contribution in [-0.2, 0) is 9.47 Å². The van der Waals surface area contributed by atoms with E-state index < -0.39 is 11.7 Å². The summed E-state index contributed by atoms with van der Waals surface area (Å²) in [7, 11) is 1.69. The van der Waals surface area contributed by atoms with Gasteiger partial charge in [-0.2, -0.15) is 0 Å². The largest absolute Gasteiger partial charge is 0.444 e. The van der Waals surface area contributed by atoms with Crippen molar-refractivity contribution in [3.05, 3.63) is 10.4 Å². The van der Waals surface area contributed by atoms with Gasteiger partial charge in [0.25, 0.3) is 0 Å². The molecule has 0 bridgehead atoms. The highest BCUT2D eigenvalue weighted by molar-refractivity contribution is 5.68. The predicted octanol–water partition coefficient (Wildman–Crippen LogP) is 3.35. The number of nitrogens with zero attached hydrogens (tertiary/aromatic N) is 4. The molecule has 1 saturated heterocycles. The van der Waals surface area contributed by atoms with Crippen LogP contribution in [0.25, 0.3) is 10.4 Å². The average molecular weight is 298 g/mol. The lowest BCUT2D eigenvalue weighted by Crippen LogP contribution is -2.43. The van der Waals surface area contributed by atoms with Gasteiger partial charge in [-0.3, -0.25) is 0 Å². The van der Waals surface area contributed by atoms with Crippen LogP contribution in [0.3, 0.4) is 0 Å². The van der Waals surface area contributed by atoms with Crippen molar-refractivity contribution < 1.29 is 14.3 Å². The number of hydrogen-bond acceptors (Lipinski definition) is 4. The monoisotopic (exact) mass is 298 g/mol. The van der Waals surface area contributed by atoms with E-state index in [-0.39, 0.29) is 12.6 Å². The fraction of sp³-hybridized carbons (Fsp3) is 0.929. The van der Waals surface area contributed by atoms with Gasteiger partial charge >= 0.3 is 6.09 Å². The molecule has 2 atom stereocenters. The average Bonchev–Trinajstić information content (AvgIpc) is 2.42. The molecule has 0 aromatic rings. The first-order chi connectivity index (χ1) is 9.83. The van der Waals surface area contributed by atoms with Crippen LogP contribution < -0.4 is 0 Å². The Hall–Kier alpha value is -1.46. The molecule has 21 heavy (non-hydrogen) atoms. The number of ether oxygens (including phenoxy) is 2. The van der Waals surface area contributed by atoms with E-state index in [1.807, 2.05) is 20.8 Å². The highest BCUT2D eigenvalue weighted by Gasteiger charge is 2.27. The van der Waals surface area contributed by atoms with Crippen molar-refractivity contribution in [1.29, 1.82) is 0 Å². The lowest BCUT2D eigenvalue weighted by atomic mass is 9.94. The molecular formula is C14H26N4O3. The Morgan fingerprint density at radius 3 is 2.81 bits per heavy atom. The van der Waals surface area contributed by atoms with Gasteiger partial charge in [-0.05, 0) is 51.5 Å². The predicted molar refractivity (Wildman–Crippen MR) is 80.0 cm³/mol. The summed E-state index contributed by atoms with van der Waals surface area (Å²) in [5.41, 5.74) is 7.99. The van der Waals surface area contributed by atoms with E-state index in [9.17, 15) is 4.79 Å². The first-order valence-corrected chi connectivity index (χ1v) is 7.38. The summed E-state index contributed by atoms with van der Waals surface area (Å²) < 4.78 is 10.8. The molecule has 0 aromatic heterocycles. The van der Waals surface area contributed by atoms with Gasteiger partial charge in [0.15, 0.2) is 0 Å². The molecule has 0 spiro atoms. The molecule has 1 amide bonds. The molecule has 0 saturated carbocycles. The number of likely N-dealkylation sites (N-methyl/N-ethyl adjacent to an activating group) is 1. The smallest absolute Gasteiger partial charge is 0.410 e. The zero-order valence-electron chi connectivity index (χ0n) is 13.4. The molecule has 7 nitrogen and oxygen atoms in total. The Balaban J connectivity index is 2.65. The molecule has 1 fully saturated rings. The van der Waals surface area contributed by atoms with Crippen LogP contribution in [0.1, 0.15) is 40.0 Å². The SMILES string of the molecule is CN(C(=O)OC(C)(C)C)C(CN=[N+]=[N-])C[C@H]1CCCOC1. The number of rotatable bonds is 5. The number of azide groups is 1. The van der Waals surface area contributed by atoms with Gasteiger partial charge in [-0.25, -0.2) is 4.79 Å². The van der Waals surface area contributed by atoms with Crippen LogP contribution in [-0.4, -0.2) is 49.4 Å². The summed E-state index contributed by atoms with van der Waals surface area (Å²) in [5.74, 6) is 0.391. The second-order valence-electron chi connectivity index (χ2n) is 6.48. The van der Waals surface area contributed by atoms with E-state index in [1.165, 1.54) is 4.90 Å². The van der Waals surface area contributed by atoms with Gasteiger partial charge < -0.3 is 14.4 Å². The quantitative estimate of drug-likeness (QED) is 0.443. The number of amides is 1. The molecule has 0 N–H and O–H groups in total. The van der Waals surface area contributed by atoms with Gasteiger partial charge in [0.05, 0.1) is 0 Å². The first-order valence-electron chi connectivity index (χ1n) is 7.38. The van der Waals surface area contributed by atoms with Crippen LogP contribution in [0.15, 0.2) is 5.11 Å². The molecular weight excluding hydrogens is 272 g/mol. The molecule has 1 unspecified atom stereocenters. The highest BCUT2D eigenvalue weighted by Crippen LogP contribution is 2.22. The maximum absolute atomic E-state index is 12.1. The Kier molecular flexibility index (Phi) is 6.78. The van der Waals surface area contributed by atoms with Crippen molar-refractivity contribution in [3.8, 4) is 0 Å². The fourth-order valence-corrected chi connectivity index (χ4v) is 2.35. The third-order valence-electron chi connectivity index (χ3n) is 3.44. The Morgan fingerprint density at radius 2 is 2.29 bits per heavy atom. The lowest BCUT2D eigenvalue weighted by molar-refractivity contribution is 0.0123. The Morgan fingerprint density at radius 1 is 1.57 bits per heavy atom. The molecule has 1 rings (SSSR count). The summed E-state index contributed by atoms with van der Waals surface area (Å²) in [6.45, 7) is 7.25. The van der Waals surface area contributed by atoms with Crippen LogP contribution in [0.2, 0.25) is 0 Å². The minimum absolute atomic E-state index is 0.164. The van der Waals surface area contributed by atoms with Crippen molar-refractivity contribution in [1.82, 2.24) is 4.90 Å². The third kappa shape index (κ3) is 6.69. The zero-order valence-corrected chi connectivity index (χ0v) is 13.4.